The Labute approximate surface area is 119 Å². The predicted octanol–water partition coefficient (Wildman–Crippen LogP) is 2.47. The Morgan fingerprint density at radius 2 is 2.00 bits per heavy atom. The highest BCUT2D eigenvalue weighted by Gasteiger charge is 2.20. The van der Waals surface area contributed by atoms with Gasteiger partial charge in [0, 0.05) is 0 Å². The Bertz CT molecular complexity index is 921. The largest absolute Gasteiger partial charge is 0.279 e. The Morgan fingerprint density at radius 3 is 2.76 bits per heavy atom. The average molecular weight is 307 g/mol. The minimum Gasteiger partial charge on any atom is -0.279 e. The van der Waals surface area contributed by atoms with Gasteiger partial charge in [-0.1, -0.05) is 12.1 Å². The fourth-order valence-electron chi connectivity index (χ4n) is 1.86. The summed E-state index contributed by atoms with van der Waals surface area (Å²) in [4.78, 5) is -0.0813. The summed E-state index contributed by atoms with van der Waals surface area (Å²) in [6.45, 7) is 1.59. The van der Waals surface area contributed by atoms with E-state index in [1.165, 1.54) is 24.3 Å². The van der Waals surface area contributed by atoms with Crippen LogP contribution in [0.5, 0.6) is 0 Å². The molecule has 0 amide bonds. The van der Waals surface area contributed by atoms with Crippen LogP contribution in [0, 0.1) is 12.7 Å². The molecule has 1 heterocycles. The summed E-state index contributed by atoms with van der Waals surface area (Å²) < 4.78 is 45.1. The molecule has 0 spiro atoms. The zero-order valence-electron chi connectivity index (χ0n) is 10.9. The molecule has 0 aliphatic carbocycles. The van der Waals surface area contributed by atoms with Gasteiger partial charge in [0.1, 0.15) is 16.2 Å². The fraction of sp³-hybridized carbons (Fsp3) is 0.0769. The van der Waals surface area contributed by atoms with Gasteiger partial charge in [0.05, 0.1) is 5.69 Å². The third-order valence-corrected chi connectivity index (χ3v) is 4.38. The van der Waals surface area contributed by atoms with Crippen LogP contribution < -0.4 is 4.72 Å². The lowest BCUT2D eigenvalue weighted by atomic mass is 10.2. The van der Waals surface area contributed by atoms with Gasteiger partial charge in [0.15, 0.2) is 5.52 Å². The van der Waals surface area contributed by atoms with Crippen molar-refractivity contribution in [3.8, 4) is 0 Å². The van der Waals surface area contributed by atoms with E-state index in [1.54, 1.807) is 13.0 Å². The Hall–Kier alpha value is -2.48. The molecule has 0 aliphatic rings. The van der Waals surface area contributed by atoms with Crippen molar-refractivity contribution >= 4 is 26.7 Å². The van der Waals surface area contributed by atoms with Gasteiger partial charge in [0.2, 0.25) is 0 Å². The zero-order chi connectivity index (χ0) is 15.0. The van der Waals surface area contributed by atoms with Crippen molar-refractivity contribution in [2.75, 3.05) is 4.72 Å². The van der Waals surface area contributed by atoms with Crippen LogP contribution in [0.4, 0.5) is 10.1 Å². The average Bonchev–Trinajstić information content (AvgIpc) is 2.90. The van der Waals surface area contributed by atoms with Gasteiger partial charge < -0.3 is 0 Å². The third kappa shape index (κ3) is 2.45. The van der Waals surface area contributed by atoms with Gasteiger partial charge in [-0.05, 0) is 47.1 Å². The standard InChI is InChI=1S/C13H10FN3O3S/c1-8-5-6-9(7-10(8)14)17-21(18,19)12-4-2-3-11-13(12)16-20-15-11/h2-7,17H,1H3. The van der Waals surface area contributed by atoms with E-state index in [9.17, 15) is 12.8 Å². The summed E-state index contributed by atoms with van der Waals surface area (Å²) >= 11 is 0. The maximum absolute atomic E-state index is 13.5. The van der Waals surface area contributed by atoms with Crippen LogP contribution in [0.3, 0.4) is 0 Å². The van der Waals surface area contributed by atoms with Crippen LogP contribution in [-0.4, -0.2) is 18.7 Å². The highest BCUT2D eigenvalue weighted by molar-refractivity contribution is 7.93. The molecule has 1 N–H and O–H groups in total. The molecular weight excluding hydrogens is 297 g/mol. The number of aryl methyl sites for hydroxylation is 1. The summed E-state index contributed by atoms with van der Waals surface area (Å²) in [5, 5.41) is 7.17. The SMILES string of the molecule is Cc1ccc(NS(=O)(=O)c2cccc3nonc23)cc1F. The first-order valence-electron chi connectivity index (χ1n) is 5.97. The zero-order valence-corrected chi connectivity index (χ0v) is 11.7. The minimum atomic E-state index is -3.92. The summed E-state index contributed by atoms with van der Waals surface area (Å²) in [6, 6.07) is 8.57. The summed E-state index contributed by atoms with van der Waals surface area (Å²) in [5.41, 5.74) is 1.01. The maximum atomic E-state index is 13.5. The lowest BCUT2D eigenvalue weighted by Gasteiger charge is -2.08. The number of nitrogens with zero attached hydrogens (tertiary/aromatic N) is 2. The van der Waals surface area contributed by atoms with Crippen molar-refractivity contribution in [3.63, 3.8) is 0 Å². The normalized spacial score (nSPS) is 11.7. The van der Waals surface area contributed by atoms with Crippen LogP contribution in [0.1, 0.15) is 5.56 Å². The number of benzene rings is 2. The van der Waals surface area contributed by atoms with Crippen LogP contribution in [0.25, 0.3) is 11.0 Å². The lowest BCUT2D eigenvalue weighted by molar-refractivity contribution is 0.315. The van der Waals surface area contributed by atoms with Crippen LogP contribution in [0.2, 0.25) is 0 Å². The Balaban J connectivity index is 2.04. The van der Waals surface area contributed by atoms with Gasteiger partial charge in [-0.25, -0.2) is 17.4 Å². The van der Waals surface area contributed by atoms with Gasteiger partial charge in [0.25, 0.3) is 10.0 Å². The van der Waals surface area contributed by atoms with Crippen molar-refractivity contribution in [1.29, 1.82) is 0 Å². The Morgan fingerprint density at radius 1 is 1.19 bits per heavy atom. The molecule has 0 radical (unpaired) electrons. The molecule has 6 nitrogen and oxygen atoms in total. The van der Waals surface area contributed by atoms with Crippen molar-refractivity contribution in [2.45, 2.75) is 11.8 Å². The molecule has 0 unspecified atom stereocenters. The number of aromatic nitrogens is 2. The topological polar surface area (TPSA) is 85.1 Å². The second-order valence-corrected chi connectivity index (χ2v) is 6.11. The van der Waals surface area contributed by atoms with Crippen molar-refractivity contribution in [2.24, 2.45) is 0 Å². The summed E-state index contributed by atoms with van der Waals surface area (Å²) in [7, 11) is -3.92. The van der Waals surface area contributed by atoms with E-state index in [4.69, 9.17) is 0 Å². The quantitative estimate of drug-likeness (QED) is 0.803. The van der Waals surface area contributed by atoms with Gasteiger partial charge >= 0.3 is 0 Å². The molecule has 21 heavy (non-hydrogen) atoms. The van der Waals surface area contributed by atoms with Crippen LogP contribution in [-0.2, 0) is 10.0 Å². The fourth-order valence-corrected chi connectivity index (χ4v) is 3.07. The number of anilines is 1. The first-order chi connectivity index (χ1) is 9.97. The second kappa shape index (κ2) is 4.81. The molecule has 1 aromatic heterocycles. The van der Waals surface area contributed by atoms with Crippen molar-refractivity contribution in [1.82, 2.24) is 10.3 Å². The predicted molar refractivity (Wildman–Crippen MR) is 73.7 cm³/mol. The summed E-state index contributed by atoms with van der Waals surface area (Å²) in [5.74, 6) is -0.489. The Kier molecular flexibility index (Phi) is 3.09. The number of rotatable bonds is 3. The molecule has 3 aromatic rings. The first-order valence-corrected chi connectivity index (χ1v) is 7.46. The molecule has 0 saturated carbocycles. The van der Waals surface area contributed by atoms with E-state index >= 15 is 0 Å². The van der Waals surface area contributed by atoms with E-state index in [0.29, 0.717) is 11.1 Å². The lowest BCUT2D eigenvalue weighted by Crippen LogP contribution is -2.13. The first kappa shape index (κ1) is 13.5. The molecule has 108 valence electrons. The molecule has 0 fully saturated rings. The number of halogens is 1. The number of sulfonamides is 1. The minimum absolute atomic E-state index is 0.0813. The second-order valence-electron chi connectivity index (χ2n) is 4.46. The number of fused-ring (bicyclic) bond motifs is 1. The molecule has 8 heteroatoms. The molecule has 0 atom stereocenters. The molecule has 0 bridgehead atoms. The van der Waals surface area contributed by atoms with Gasteiger partial charge in [-0.15, -0.1) is 0 Å². The molecule has 0 aliphatic heterocycles. The molecular formula is C13H10FN3O3S. The van der Waals surface area contributed by atoms with E-state index in [-0.39, 0.29) is 16.1 Å². The smallest absolute Gasteiger partial charge is 0.264 e. The number of hydrogen-bond acceptors (Lipinski definition) is 5. The van der Waals surface area contributed by atoms with E-state index in [0.717, 1.165) is 6.07 Å². The van der Waals surface area contributed by atoms with E-state index < -0.39 is 15.8 Å². The number of hydrogen-bond donors (Lipinski definition) is 1. The monoisotopic (exact) mass is 307 g/mol. The van der Waals surface area contributed by atoms with Crippen LogP contribution in [0.15, 0.2) is 45.9 Å². The highest BCUT2D eigenvalue weighted by Crippen LogP contribution is 2.23. The maximum Gasteiger partial charge on any atom is 0.264 e. The summed E-state index contributed by atoms with van der Waals surface area (Å²) in [6.07, 6.45) is 0. The van der Waals surface area contributed by atoms with Gasteiger partial charge in [-0.3, -0.25) is 4.72 Å². The van der Waals surface area contributed by atoms with Crippen molar-refractivity contribution < 1.29 is 17.4 Å². The highest BCUT2D eigenvalue weighted by atomic mass is 32.2. The molecule has 2 aromatic carbocycles. The molecule has 3 rings (SSSR count). The number of nitrogens with one attached hydrogen (secondary N) is 1. The third-order valence-electron chi connectivity index (χ3n) is 2.96. The van der Waals surface area contributed by atoms with Gasteiger partial charge in [-0.2, -0.15) is 0 Å². The molecule has 0 saturated heterocycles. The van der Waals surface area contributed by atoms with E-state index in [1.807, 2.05) is 0 Å². The van der Waals surface area contributed by atoms with E-state index in [2.05, 4.69) is 19.7 Å². The van der Waals surface area contributed by atoms with Crippen LogP contribution >= 0.6 is 0 Å². The van der Waals surface area contributed by atoms with Crippen molar-refractivity contribution in [3.05, 3.63) is 47.8 Å².